The third-order valence-electron chi connectivity index (χ3n) is 12.0. The SMILES string of the molecule is CC/C=C\C/C=C\C/C=C\C/C=C\CCCCCCCCC(=O)OCC(COC(=O)CCCCCCC/C=C\CCCCC)OC(=O)CCCCCCCCCCCCCCCCCC. The van der Waals surface area contributed by atoms with E-state index in [4.69, 9.17) is 14.2 Å². The van der Waals surface area contributed by atoms with E-state index in [2.05, 4.69) is 81.5 Å². The van der Waals surface area contributed by atoms with Crippen LogP contribution in [0.1, 0.15) is 278 Å². The molecule has 1 unspecified atom stereocenters. The Bertz CT molecular complexity index is 1180. The van der Waals surface area contributed by atoms with E-state index in [1.54, 1.807) is 0 Å². The highest BCUT2D eigenvalue weighted by Gasteiger charge is 2.19. The maximum atomic E-state index is 12.8. The number of esters is 3. The van der Waals surface area contributed by atoms with Crippen molar-refractivity contribution < 1.29 is 28.6 Å². The van der Waals surface area contributed by atoms with Gasteiger partial charge in [-0.2, -0.15) is 0 Å². The molecule has 376 valence electrons. The maximum absolute atomic E-state index is 12.8. The van der Waals surface area contributed by atoms with Gasteiger partial charge in [-0.15, -0.1) is 0 Å². The third kappa shape index (κ3) is 51.9. The first-order valence-corrected chi connectivity index (χ1v) is 27.8. The number of carbonyl (C=O) groups is 3. The molecule has 0 aliphatic rings. The van der Waals surface area contributed by atoms with Crippen LogP contribution >= 0.6 is 0 Å². The zero-order valence-electron chi connectivity index (χ0n) is 43.0. The predicted octanol–water partition coefficient (Wildman–Crippen LogP) is 18.4. The Morgan fingerprint density at radius 3 is 0.985 bits per heavy atom. The quantitative estimate of drug-likeness (QED) is 0.0262. The van der Waals surface area contributed by atoms with Crippen molar-refractivity contribution in [3.05, 3.63) is 60.8 Å². The monoisotopic (exact) mass is 909 g/mol. The van der Waals surface area contributed by atoms with E-state index in [1.807, 2.05) is 0 Å². The molecule has 0 aliphatic carbocycles. The lowest BCUT2D eigenvalue weighted by Crippen LogP contribution is -2.30. The molecule has 0 aromatic rings. The maximum Gasteiger partial charge on any atom is 0.306 e. The second-order valence-corrected chi connectivity index (χ2v) is 18.5. The minimum atomic E-state index is -0.781. The highest BCUT2D eigenvalue weighted by Crippen LogP contribution is 2.16. The molecule has 0 heterocycles. The Balaban J connectivity index is 4.37. The van der Waals surface area contributed by atoms with Crippen molar-refractivity contribution in [1.82, 2.24) is 0 Å². The Kier molecular flexibility index (Phi) is 51.3. The predicted molar refractivity (Wildman–Crippen MR) is 279 cm³/mol. The minimum absolute atomic E-state index is 0.0810. The number of ether oxygens (including phenoxy) is 3. The fourth-order valence-corrected chi connectivity index (χ4v) is 7.84. The molecule has 6 nitrogen and oxygen atoms in total. The van der Waals surface area contributed by atoms with Crippen LogP contribution in [0.4, 0.5) is 0 Å². The van der Waals surface area contributed by atoms with Crippen molar-refractivity contribution in [3.8, 4) is 0 Å². The summed E-state index contributed by atoms with van der Waals surface area (Å²) < 4.78 is 16.8. The van der Waals surface area contributed by atoms with Gasteiger partial charge in [0.15, 0.2) is 6.10 Å². The van der Waals surface area contributed by atoms with Crippen LogP contribution in [0, 0.1) is 0 Å². The molecule has 0 saturated carbocycles. The van der Waals surface area contributed by atoms with E-state index in [9.17, 15) is 14.4 Å². The second kappa shape index (κ2) is 53.7. The lowest BCUT2D eigenvalue weighted by Gasteiger charge is -2.18. The fraction of sp³-hybridized carbons (Fsp3) is 0.780. The summed E-state index contributed by atoms with van der Waals surface area (Å²) in [5.41, 5.74) is 0. The molecule has 0 amide bonds. The number of rotatable bonds is 50. The highest BCUT2D eigenvalue weighted by atomic mass is 16.6. The Hall–Kier alpha value is -2.89. The second-order valence-electron chi connectivity index (χ2n) is 18.5. The minimum Gasteiger partial charge on any atom is -0.462 e. The van der Waals surface area contributed by atoms with Crippen LogP contribution in [0.3, 0.4) is 0 Å². The topological polar surface area (TPSA) is 78.9 Å². The van der Waals surface area contributed by atoms with Gasteiger partial charge < -0.3 is 14.2 Å². The summed E-state index contributed by atoms with van der Waals surface area (Å²) in [4.78, 5) is 38.1. The van der Waals surface area contributed by atoms with Crippen LogP contribution in [-0.2, 0) is 28.6 Å². The molecule has 65 heavy (non-hydrogen) atoms. The summed E-state index contributed by atoms with van der Waals surface area (Å²) in [6, 6.07) is 0. The van der Waals surface area contributed by atoms with Gasteiger partial charge in [-0.25, -0.2) is 0 Å². The molecule has 0 aliphatic heterocycles. The van der Waals surface area contributed by atoms with Crippen LogP contribution < -0.4 is 0 Å². The van der Waals surface area contributed by atoms with E-state index < -0.39 is 6.10 Å². The van der Waals surface area contributed by atoms with Crippen molar-refractivity contribution in [2.24, 2.45) is 0 Å². The van der Waals surface area contributed by atoms with Crippen molar-refractivity contribution in [1.29, 1.82) is 0 Å². The van der Waals surface area contributed by atoms with Crippen LogP contribution in [-0.4, -0.2) is 37.2 Å². The van der Waals surface area contributed by atoms with Crippen molar-refractivity contribution in [2.45, 2.75) is 284 Å². The van der Waals surface area contributed by atoms with Crippen LogP contribution in [0.25, 0.3) is 0 Å². The van der Waals surface area contributed by atoms with E-state index in [0.717, 1.165) is 96.3 Å². The lowest BCUT2D eigenvalue weighted by atomic mass is 10.0. The zero-order chi connectivity index (χ0) is 47.2. The molecule has 1 atom stereocenters. The molecule has 0 N–H and O–H groups in total. The summed E-state index contributed by atoms with van der Waals surface area (Å²) in [5, 5.41) is 0. The van der Waals surface area contributed by atoms with Gasteiger partial charge in [-0.3, -0.25) is 14.4 Å². The Labute approximate surface area is 402 Å². The smallest absolute Gasteiger partial charge is 0.306 e. The average molecular weight is 909 g/mol. The Morgan fingerprint density at radius 2 is 0.600 bits per heavy atom. The van der Waals surface area contributed by atoms with Crippen molar-refractivity contribution in [2.75, 3.05) is 13.2 Å². The first kappa shape index (κ1) is 62.1. The van der Waals surface area contributed by atoms with Crippen molar-refractivity contribution in [3.63, 3.8) is 0 Å². The van der Waals surface area contributed by atoms with Gasteiger partial charge in [-0.1, -0.05) is 236 Å². The first-order chi connectivity index (χ1) is 32.0. The van der Waals surface area contributed by atoms with E-state index in [1.165, 1.54) is 141 Å². The number of carbonyl (C=O) groups excluding carboxylic acids is 3. The highest BCUT2D eigenvalue weighted by molar-refractivity contribution is 5.71. The molecule has 0 bridgehead atoms. The van der Waals surface area contributed by atoms with E-state index in [-0.39, 0.29) is 31.1 Å². The fourth-order valence-electron chi connectivity index (χ4n) is 7.84. The molecule has 0 aromatic heterocycles. The van der Waals surface area contributed by atoms with Gasteiger partial charge in [0.1, 0.15) is 13.2 Å². The third-order valence-corrected chi connectivity index (χ3v) is 12.0. The molecule has 0 saturated heterocycles. The number of allylic oxidation sites excluding steroid dienone is 10. The van der Waals surface area contributed by atoms with Gasteiger partial charge in [-0.05, 0) is 83.5 Å². The normalized spacial score (nSPS) is 12.5. The van der Waals surface area contributed by atoms with E-state index in [0.29, 0.717) is 19.3 Å². The molecule has 0 rings (SSSR count). The van der Waals surface area contributed by atoms with E-state index >= 15 is 0 Å². The van der Waals surface area contributed by atoms with Crippen molar-refractivity contribution >= 4 is 17.9 Å². The first-order valence-electron chi connectivity index (χ1n) is 27.8. The van der Waals surface area contributed by atoms with Gasteiger partial charge in [0.05, 0.1) is 0 Å². The van der Waals surface area contributed by atoms with Gasteiger partial charge in [0, 0.05) is 19.3 Å². The van der Waals surface area contributed by atoms with Crippen LogP contribution in [0.2, 0.25) is 0 Å². The van der Waals surface area contributed by atoms with Gasteiger partial charge in [0.2, 0.25) is 0 Å². The van der Waals surface area contributed by atoms with Gasteiger partial charge in [0.25, 0.3) is 0 Å². The molecular weight excluding hydrogens is 805 g/mol. The van der Waals surface area contributed by atoms with Gasteiger partial charge >= 0.3 is 17.9 Å². The number of unbranched alkanes of at least 4 members (excludes halogenated alkanes) is 29. The van der Waals surface area contributed by atoms with Crippen LogP contribution in [0.15, 0.2) is 60.8 Å². The lowest BCUT2D eigenvalue weighted by molar-refractivity contribution is -0.167. The summed E-state index contributed by atoms with van der Waals surface area (Å²) >= 11 is 0. The molecular formula is C59H104O6. The number of hydrogen-bond donors (Lipinski definition) is 0. The average Bonchev–Trinajstić information content (AvgIpc) is 3.30. The molecule has 0 fully saturated rings. The standard InChI is InChI=1S/C59H104O6/c1-4-7-10-13-16-19-22-25-27-29-30-31-33-34-37-40-43-46-49-52-58(61)64-55-56(54-63-57(60)51-48-45-42-39-36-24-21-18-15-12-9-6-3)65-59(62)53-50-47-44-41-38-35-32-28-26-23-20-17-14-11-8-5-2/h7,10,16,18-19,21,25,27,30-31,56H,4-6,8-9,11-15,17,20,22-24,26,28-29,32-55H2,1-3H3/b10-7-,19-16-,21-18-,27-25-,31-30-. The largest absolute Gasteiger partial charge is 0.462 e. The summed E-state index contributed by atoms with van der Waals surface area (Å²) in [6.07, 6.45) is 66.3. The Morgan fingerprint density at radius 1 is 0.323 bits per heavy atom. The summed E-state index contributed by atoms with van der Waals surface area (Å²) in [7, 11) is 0. The summed E-state index contributed by atoms with van der Waals surface area (Å²) in [6.45, 7) is 6.51. The molecule has 0 aromatic carbocycles. The summed E-state index contributed by atoms with van der Waals surface area (Å²) in [5.74, 6) is -0.893. The van der Waals surface area contributed by atoms with Crippen LogP contribution in [0.5, 0.6) is 0 Å². The zero-order valence-corrected chi connectivity index (χ0v) is 43.0. The molecule has 0 radical (unpaired) electrons. The molecule has 6 heteroatoms. The number of hydrogen-bond acceptors (Lipinski definition) is 6. The molecule has 0 spiro atoms.